The molecule has 4 aliphatic rings. The molecule has 0 bridgehead atoms. The summed E-state index contributed by atoms with van der Waals surface area (Å²) in [5.41, 5.74) is -0.211. The number of rotatable bonds is 2. The molecule has 0 aromatic heterocycles. The van der Waals surface area contributed by atoms with Crippen LogP contribution in [0.3, 0.4) is 0 Å². The highest BCUT2D eigenvalue weighted by atomic mass is 35.5. The van der Waals surface area contributed by atoms with E-state index in [9.17, 15) is 33.5 Å². The molecule has 5 amide bonds. The molecule has 2 aromatic rings. The number of amides is 5. The first-order valence-corrected chi connectivity index (χ1v) is 13.6. The molecule has 1 N–H and O–H groups in total. The first-order chi connectivity index (χ1) is 19.4. The van der Waals surface area contributed by atoms with E-state index in [1.807, 2.05) is 0 Å². The summed E-state index contributed by atoms with van der Waals surface area (Å²) in [7, 11) is 1.07. The Morgan fingerprint density at radius 3 is 2.41 bits per heavy atom. The standard InChI is InChI=1S/C29H23Cl2FN2O7/c1-29-18(25(37)33(27(29)39)12-3-8-21(32)20(31)9-12)11-17-14(23(29)15-5-4-13(35)10-19(15)30)6-7-16-22(17)26(38)34(24(16)36)28(40)41-2/h3-6,8-10,16-18,22-23,35H,7,11H2,1-2H3. The molecule has 2 saturated heterocycles. The first kappa shape index (κ1) is 27.4. The lowest BCUT2D eigenvalue weighted by atomic mass is 9.51. The molecule has 0 radical (unpaired) electrons. The average molecular weight is 601 g/mol. The highest BCUT2D eigenvalue weighted by molar-refractivity contribution is 6.32. The number of hydrogen-bond acceptors (Lipinski definition) is 7. The minimum Gasteiger partial charge on any atom is -0.508 e. The molecule has 3 fully saturated rings. The molecule has 2 aromatic carbocycles. The predicted octanol–water partition coefficient (Wildman–Crippen LogP) is 4.84. The van der Waals surface area contributed by atoms with Gasteiger partial charge >= 0.3 is 6.09 Å². The fraction of sp³-hybridized carbons (Fsp3) is 0.345. The molecule has 41 heavy (non-hydrogen) atoms. The summed E-state index contributed by atoms with van der Waals surface area (Å²) >= 11 is 12.6. The predicted molar refractivity (Wildman–Crippen MR) is 143 cm³/mol. The van der Waals surface area contributed by atoms with Gasteiger partial charge in [0.1, 0.15) is 11.6 Å². The van der Waals surface area contributed by atoms with Crippen LogP contribution >= 0.6 is 23.2 Å². The van der Waals surface area contributed by atoms with Gasteiger partial charge in [0, 0.05) is 10.9 Å². The number of aromatic hydroxyl groups is 1. The third-order valence-electron chi connectivity index (χ3n) is 9.09. The Morgan fingerprint density at radius 2 is 1.76 bits per heavy atom. The fourth-order valence-corrected chi connectivity index (χ4v) is 7.71. The topological polar surface area (TPSA) is 121 Å². The van der Waals surface area contributed by atoms with Crippen LogP contribution in [0.1, 0.15) is 31.2 Å². The minimum absolute atomic E-state index is 0.0414. The number of fused-ring (bicyclic) bond motifs is 4. The summed E-state index contributed by atoms with van der Waals surface area (Å²) < 4.78 is 18.6. The maximum Gasteiger partial charge on any atom is 0.423 e. The quantitative estimate of drug-likeness (QED) is 0.387. The number of anilines is 1. The van der Waals surface area contributed by atoms with E-state index in [1.54, 1.807) is 19.1 Å². The number of halogens is 3. The largest absolute Gasteiger partial charge is 0.508 e. The van der Waals surface area contributed by atoms with Crippen molar-refractivity contribution < 1.29 is 38.2 Å². The lowest BCUT2D eigenvalue weighted by molar-refractivity contribution is -0.138. The summed E-state index contributed by atoms with van der Waals surface area (Å²) in [6.07, 6.45) is 0.879. The van der Waals surface area contributed by atoms with Gasteiger partial charge in [-0.2, -0.15) is 4.90 Å². The Kier molecular flexibility index (Phi) is 6.28. The van der Waals surface area contributed by atoms with Gasteiger partial charge in [-0.15, -0.1) is 0 Å². The van der Waals surface area contributed by atoms with E-state index in [-0.39, 0.29) is 34.3 Å². The number of ether oxygens (including phenoxy) is 1. The number of methoxy groups -OCH3 is 1. The minimum atomic E-state index is -1.40. The molecular weight excluding hydrogens is 578 g/mol. The van der Waals surface area contributed by atoms with Crippen LogP contribution in [0.5, 0.6) is 5.75 Å². The Hall–Kier alpha value is -3.76. The molecule has 2 aliphatic heterocycles. The summed E-state index contributed by atoms with van der Waals surface area (Å²) in [6, 6.07) is 7.86. The molecule has 0 spiro atoms. The van der Waals surface area contributed by atoms with Crippen LogP contribution in [0.15, 0.2) is 48.0 Å². The van der Waals surface area contributed by atoms with Gasteiger partial charge in [-0.05, 0) is 61.6 Å². The van der Waals surface area contributed by atoms with Crippen molar-refractivity contribution in [3.8, 4) is 5.75 Å². The van der Waals surface area contributed by atoms with Crippen molar-refractivity contribution in [1.82, 2.24) is 4.90 Å². The maximum absolute atomic E-state index is 14.3. The third kappa shape index (κ3) is 3.69. The van der Waals surface area contributed by atoms with Gasteiger partial charge < -0.3 is 9.84 Å². The third-order valence-corrected chi connectivity index (χ3v) is 9.71. The fourth-order valence-electron chi connectivity index (χ4n) is 7.25. The highest BCUT2D eigenvalue weighted by Crippen LogP contribution is 2.64. The molecular formula is C29H23Cl2FN2O7. The van der Waals surface area contributed by atoms with Crippen LogP contribution in [0.25, 0.3) is 0 Å². The van der Waals surface area contributed by atoms with Crippen molar-refractivity contribution in [3.05, 3.63) is 69.5 Å². The van der Waals surface area contributed by atoms with Crippen LogP contribution < -0.4 is 4.90 Å². The van der Waals surface area contributed by atoms with Crippen molar-refractivity contribution in [2.45, 2.75) is 25.7 Å². The summed E-state index contributed by atoms with van der Waals surface area (Å²) in [6.45, 7) is 1.66. The van der Waals surface area contributed by atoms with E-state index in [4.69, 9.17) is 23.2 Å². The van der Waals surface area contributed by atoms with Crippen molar-refractivity contribution in [2.75, 3.05) is 12.0 Å². The monoisotopic (exact) mass is 600 g/mol. The zero-order chi connectivity index (χ0) is 29.5. The van der Waals surface area contributed by atoms with Gasteiger partial charge in [0.15, 0.2) is 0 Å². The number of allylic oxidation sites excluding steroid dienone is 2. The zero-order valence-corrected chi connectivity index (χ0v) is 23.3. The van der Waals surface area contributed by atoms with E-state index in [2.05, 4.69) is 4.74 Å². The number of likely N-dealkylation sites (tertiary alicyclic amines) is 1. The number of phenols is 1. The molecule has 6 rings (SSSR count). The number of nitrogens with zero attached hydrogens (tertiary/aromatic N) is 2. The highest BCUT2D eigenvalue weighted by Gasteiger charge is 2.68. The lowest BCUT2D eigenvalue weighted by Crippen LogP contribution is -2.49. The first-order valence-electron chi connectivity index (χ1n) is 12.9. The molecule has 2 aliphatic carbocycles. The number of hydrogen-bond donors (Lipinski definition) is 1. The van der Waals surface area contributed by atoms with Crippen LogP contribution in [0.4, 0.5) is 14.9 Å². The Bertz CT molecular complexity index is 1610. The van der Waals surface area contributed by atoms with Gasteiger partial charge in [0.05, 0.1) is 41.0 Å². The lowest BCUT2D eigenvalue weighted by Gasteiger charge is -2.49. The molecule has 12 heteroatoms. The Labute approximate surface area is 243 Å². The van der Waals surface area contributed by atoms with Crippen LogP contribution in [-0.2, 0) is 23.9 Å². The zero-order valence-electron chi connectivity index (χ0n) is 21.8. The van der Waals surface area contributed by atoms with Crippen LogP contribution in [0, 0.1) is 34.9 Å². The number of benzene rings is 2. The van der Waals surface area contributed by atoms with Gasteiger partial charge in [0.2, 0.25) is 23.6 Å². The molecule has 212 valence electrons. The molecule has 6 unspecified atom stereocenters. The van der Waals surface area contributed by atoms with Gasteiger partial charge in [0.25, 0.3) is 0 Å². The Morgan fingerprint density at radius 1 is 1.02 bits per heavy atom. The van der Waals surface area contributed by atoms with E-state index in [0.29, 0.717) is 16.0 Å². The summed E-state index contributed by atoms with van der Waals surface area (Å²) in [5, 5.41) is 9.92. The summed E-state index contributed by atoms with van der Waals surface area (Å²) in [5.74, 6) is -7.61. The Balaban J connectivity index is 1.53. The van der Waals surface area contributed by atoms with E-state index >= 15 is 0 Å². The molecule has 1 saturated carbocycles. The average Bonchev–Trinajstić information content (AvgIpc) is 3.30. The molecule has 2 heterocycles. The molecule has 9 nitrogen and oxygen atoms in total. The number of phenolic OH excluding ortho intramolecular Hbond substituents is 1. The van der Waals surface area contributed by atoms with Gasteiger partial charge in [-0.25, -0.2) is 14.1 Å². The second kappa shape index (κ2) is 9.39. The van der Waals surface area contributed by atoms with Crippen LogP contribution in [0.2, 0.25) is 10.0 Å². The maximum atomic E-state index is 14.3. The van der Waals surface area contributed by atoms with E-state index in [0.717, 1.165) is 18.1 Å². The second-order valence-corrected chi connectivity index (χ2v) is 11.8. The molecule has 6 atom stereocenters. The van der Waals surface area contributed by atoms with E-state index in [1.165, 1.54) is 24.3 Å². The number of carbonyl (C=O) groups excluding carboxylic acids is 5. The van der Waals surface area contributed by atoms with Gasteiger partial charge in [-0.1, -0.05) is 40.9 Å². The second-order valence-electron chi connectivity index (χ2n) is 10.9. The normalized spacial score (nSPS) is 30.7. The van der Waals surface area contributed by atoms with Crippen molar-refractivity contribution in [3.63, 3.8) is 0 Å². The smallest absolute Gasteiger partial charge is 0.423 e. The van der Waals surface area contributed by atoms with Crippen molar-refractivity contribution in [1.29, 1.82) is 0 Å². The van der Waals surface area contributed by atoms with Crippen molar-refractivity contribution in [2.24, 2.45) is 29.1 Å². The SMILES string of the molecule is COC(=O)N1C(=O)C2CC=C3C(CC4C(=O)N(c5ccc(F)c(Cl)c5)C(=O)C4(C)C3c3ccc(O)cc3Cl)C2C1=O. The number of carbonyl (C=O) groups is 5. The van der Waals surface area contributed by atoms with E-state index < -0.39 is 70.5 Å². The number of imide groups is 4. The van der Waals surface area contributed by atoms with Crippen LogP contribution in [-0.4, -0.2) is 46.8 Å². The van der Waals surface area contributed by atoms with Crippen molar-refractivity contribution >= 4 is 58.6 Å². The summed E-state index contributed by atoms with van der Waals surface area (Å²) in [4.78, 5) is 68.8. The van der Waals surface area contributed by atoms with Gasteiger partial charge in [-0.3, -0.25) is 19.2 Å².